The molecule has 0 bridgehead atoms. The van der Waals surface area contributed by atoms with Gasteiger partial charge in [0, 0.05) is 4.47 Å². The fourth-order valence-corrected chi connectivity index (χ4v) is 1.56. The summed E-state index contributed by atoms with van der Waals surface area (Å²) in [4.78, 5) is 4.02. The minimum Gasteiger partial charge on any atom is -0.441 e. The molecule has 0 spiro atoms. The Morgan fingerprint density at radius 3 is 2.86 bits per heavy atom. The van der Waals surface area contributed by atoms with Crippen LogP contribution < -0.4 is 0 Å². The van der Waals surface area contributed by atoms with Crippen molar-refractivity contribution < 1.29 is 8.81 Å². The maximum atomic E-state index is 12.9. The van der Waals surface area contributed by atoms with Gasteiger partial charge in [0.1, 0.15) is 11.6 Å². The van der Waals surface area contributed by atoms with E-state index < -0.39 is 0 Å². The standard InChI is InChI=1S/C10H7BrFNO/c1-6-5-13-10(14-6)8-4-7(12)2-3-9(8)11/h2-5H,1H3. The van der Waals surface area contributed by atoms with Crippen LogP contribution in [0, 0.1) is 12.7 Å². The second kappa shape index (κ2) is 3.53. The lowest BCUT2D eigenvalue weighted by Crippen LogP contribution is -1.81. The molecule has 0 N–H and O–H groups in total. The normalized spacial score (nSPS) is 10.5. The number of nitrogens with zero attached hydrogens (tertiary/aromatic N) is 1. The van der Waals surface area contributed by atoms with Gasteiger partial charge in [-0.05, 0) is 41.1 Å². The number of hydrogen-bond acceptors (Lipinski definition) is 2. The fourth-order valence-electron chi connectivity index (χ4n) is 1.14. The number of oxazole rings is 1. The first kappa shape index (κ1) is 9.40. The van der Waals surface area contributed by atoms with Gasteiger partial charge in [-0.15, -0.1) is 0 Å². The van der Waals surface area contributed by atoms with Crippen molar-refractivity contribution in [3.63, 3.8) is 0 Å². The number of aromatic nitrogens is 1. The molecule has 0 fully saturated rings. The van der Waals surface area contributed by atoms with Crippen molar-refractivity contribution in [1.29, 1.82) is 0 Å². The van der Waals surface area contributed by atoms with E-state index in [0.29, 0.717) is 17.2 Å². The predicted octanol–water partition coefficient (Wildman–Crippen LogP) is 3.55. The lowest BCUT2D eigenvalue weighted by atomic mass is 10.2. The van der Waals surface area contributed by atoms with Crippen LogP contribution in [0.25, 0.3) is 11.5 Å². The number of rotatable bonds is 1. The Morgan fingerprint density at radius 2 is 2.21 bits per heavy atom. The molecule has 0 aliphatic carbocycles. The molecule has 1 heterocycles. The molecule has 0 radical (unpaired) electrons. The van der Waals surface area contributed by atoms with E-state index in [-0.39, 0.29) is 5.82 Å². The van der Waals surface area contributed by atoms with E-state index in [1.165, 1.54) is 12.1 Å². The highest BCUT2D eigenvalue weighted by molar-refractivity contribution is 9.10. The Labute approximate surface area is 88.9 Å². The van der Waals surface area contributed by atoms with Crippen molar-refractivity contribution >= 4 is 15.9 Å². The van der Waals surface area contributed by atoms with Crippen LogP contribution in [0.3, 0.4) is 0 Å². The third kappa shape index (κ3) is 1.70. The van der Waals surface area contributed by atoms with E-state index in [1.54, 1.807) is 19.2 Å². The highest BCUT2D eigenvalue weighted by Crippen LogP contribution is 2.28. The van der Waals surface area contributed by atoms with Crippen LogP contribution in [0.5, 0.6) is 0 Å². The Balaban J connectivity index is 2.55. The molecule has 0 aliphatic rings. The van der Waals surface area contributed by atoms with Crippen LogP contribution in [0.15, 0.2) is 33.3 Å². The van der Waals surface area contributed by atoms with Crippen molar-refractivity contribution in [1.82, 2.24) is 4.98 Å². The molecule has 1 aromatic carbocycles. The third-order valence-corrected chi connectivity index (χ3v) is 2.47. The Morgan fingerprint density at radius 1 is 1.43 bits per heavy atom. The average Bonchev–Trinajstić information content (AvgIpc) is 2.56. The molecule has 0 atom stereocenters. The summed E-state index contributed by atoms with van der Waals surface area (Å²) in [6, 6.07) is 4.39. The maximum Gasteiger partial charge on any atom is 0.227 e. The largest absolute Gasteiger partial charge is 0.441 e. The van der Waals surface area contributed by atoms with Gasteiger partial charge in [-0.1, -0.05) is 0 Å². The zero-order valence-corrected chi connectivity index (χ0v) is 9.01. The quantitative estimate of drug-likeness (QED) is 0.779. The molecule has 1 aromatic heterocycles. The van der Waals surface area contributed by atoms with Crippen LogP contribution >= 0.6 is 15.9 Å². The summed E-state index contributed by atoms with van der Waals surface area (Å²) in [6.07, 6.45) is 1.60. The highest BCUT2D eigenvalue weighted by atomic mass is 79.9. The van der Waals surface area contributed by atoms with E-state index in [4.69, 9.17) is 4.42 Å². The molecule has 72 valence electrons. The van der Waals surface area contributed by atoms with Gasteiger partial charge < -0.3 is 4.42 Å². The fraction of sp³-hybridized carbons (Fsp3) is 0.100. The molecule has 2 rings (SSSR count). The van der Waals surface area contributed by atoms with Crippen LogP contribution in [-0.4, -0.2) is 4.98 Å². The monoisotopic (exact) mass is 255 g/mol. The van der Waals surface area contributed by atoms with Gasteiger partial charge in [0.05, 0.1) is 11.8 Å². The first-order valence-corrected chi connectivity index (χ1v) is 4.84. The van der Waals surface area contributed by atoms with Crippen molar-refractivity contribution in [2.75, 3.05) is 0 Å². The Kier molecular flexibility index (Phi) is 2.37. The molecule has 4 heteroatoms. The van der Waals surface area contributed by atoms with Gasteiger partial charge in [-0.25, -0.2) is 9.37 Å². The maximum absolute atomic E-state index is 12.9. The minimum atomic E-state index is -0.306. The molecule has 0 amide bonds. The van der Waals surface area contributed by atoms with E-state index in [0.717, 1.165) is 4.47 Å². The SMILES string of the molecule is Cc1cnc(-c2cc(F)ccc2Br)o1. The zero-order valence-electron chi connectivity index (χ0n) is 7.42. The van der Waals surface area contributed by atoms with Gasteiger partial charge in [0.15, 0.2) is 0 Å². The predicted molar refractivity (Wildman–Crippen MR) is 54.3 cm³/mol. The van der Waals surface area contributed by atoms with Crippen LogP contribution in [0.1, 0.15) is 5.76 Å². The van der Waals surface area contributed by atoms with Crippen molar-refractivity contribution in [2.45, 2.75) is 6.92 Å². The average molecular weight is 256 g/mol. The Hall–Kier alpha value is -1.16. The van der Waals surface area contributed by atoms with E-state index >= 15 is 0 Å². The van der Waals surface area contributed by atoms with Gasteiger partial charge in [-0.2, -0.15) is 0 Å². The second-order valence-electron chi connectivity index (χ2n) is 2.90. The topological polar surface area (TPSA) is 26.0 Å². The molecule has 2 aromatic rings. The van der Waals surface area contributed by atoms with E-state index in [2.05, 4.69) is 20.9 Å². The number of benzene rings is 1. The summed E-state index contributed by atoms with van der Waals surface area (Å²) < 4.78 is 19.0. The van der Waals surface area contributed by atoms with Crippen molar-refractivity contribution in [3.8, 4) is 11.5 Å². The van der Waals surface area contributed by atoms with Crippen LogP contribution in [-0.2, 0) is 0 Å². The lowest BCUT2D eigenvalue weighted by Gasteiger charge is -1.99. The first-order valence-electron chi connectivity index (χ1n) is 4.04. The summed E-state index contributed by atoms with van der Waals surface area (Å²) in [5.74, 6) is 0.823. The molecule has 14 heavy (non-hydrogen) atoms. The van der Waals surface area contributed by atoms with Crippen LogP contribution in [0.2, 0.25) is 0 Å². The number of halogens is 2. The van der Waals surface area contributed by atoms with Gasteiger partial charge in [0.25, 0.3) is 0 Å². The summed E-state index contributed by atoms with van der Waals surface area (Å²) in [5.41, 5.74) is 0.623. The highest BCUT2D eigenvalue weighted by Gasteiger charge is 2.09. The number of aryl methyl sites for hydroxylation is 1. The van der Waals surface area contributed by atoms with Gasteiger partial charge >= 0.3 is 0 Å². The molecule has 0 unspecified atom stereocenters. The molecule has 0 saturated carbocycles. The second-order valence-corrected chi connectivity index (χ2v) is 3.75. The summed E-state index contributed by atoms with van der Waals surface area (Å²) in [6.45, 7) is 1.80. The molecule has 0 saturated heterocycles. The smallest absolute Gasteiger partial charge is 0.227 e. The lowest BCUT2D eigenvalue weighted by molar-refractivity contribution is 0.541. The van der Waals surface area contributed by atoms with Crippen LogP contribution in [0.4, 0.5) is 4.39 Å². The van der Waals surface area contributed by atoms with Crippen molar-refractivity contribution in [3.05, 3.63) is 40.4 Å². The molecule has 2 nitrogen and oxygen atoms in total. The van der Waals surface area contributed by atoms with E-state index in [1.807, 2.05) is 0 Å². The third-order valence-electron chi connectivity index (χ3n) is 1.78. The van der Waals surface area contributed by atoms with Crippen molar-refractivity contribution in [2.24, 2.45) is 0 Å². The van der Waals surface area contributed by atoms with Gasteiger partial charge in [0.2, 0.25) is 5.89 Å². The van der Waals surface area contributed by atoms with E-state index in [9.17, 15) is 4.39 Å². The molecular weight excluding hydrogens is 249 g/mol. The Bertz CT molecular complexity index is 467. The van der Waals surface area contributed by atoms with Gasteiger partial charge in [-0.3, -0.25) is 0 Å². The summed E-state index contributed by atoms with van der Waals surface area (Å²) in [7, 11) is 0. The first-order chi connectivity index (χ1) is 6.66. The summed E-state index contributed by atoms with van der Waals surface area (Å²) >= 11 is 3.31. The molecular formula is C10H7BrFNO. The summed E-state index contributed by atoms with van der Waals surface area (Å²) in [5, 5.41) is 0. The number of hydrogen-bond donors (Lipinski definition) is 0. The zero-order chi connectivity index (χ0) is 10.1. The molecule has 0 aliphatic heterocycles. The minimum absolute atomic E-state index is 0.306.